The lowest BCUT2D eigenvalue weighted by atomic mass is 10.2. The van der Waals surface area contributed by atoms with Gasteiger partial charge in [0.05, 0.1) is 12.7 Å². The van der Waals surface area contributed by atoms with Gasteiger partial charge in [0.2, 0.25) is 0 Å². The molecule has 92 valence electrons. The predicted molar refractivity (Wildman–Crippen MR) is 63.3 cm³/mol. The smallest absolute Gasteiger partial charge is 0.140 e. The number of pyridine rings is 1. The van der Waals surface area contributed by atoms with Crippen LogP contribution < -0.4 is 5.32 Å². The fourth-order valence-corrected chi connectivity index (χ4v) is 1.42. The topological polar surface area (TPSA) is 67.2 Å². The second kappa shape index (κ2) is 7.74. The average Bonchev–Trinajstić information content (AvgIpc) is 2.38. The summed E-state index contributed by atoms with van der Waals surface area (Å²) in [6.07, 6.45) is 1.68. The zero-order valence-corrected chi connectivity index (χ0v) is 10.1. The Kier molecular flexibility index (Phi) is 6.18. The van der Waals surface area contributed by atoms with Crippen molar-refractivity contribution in [3.8, 4) is 6.07 Å². The molecule has 0 aliphatic heterocycles. The number of methoxy groups -OCH3 is 2. The van der Waals surface area contributed by atoms with E-state index < -0.39 is 0 Å². The van der Waals surface area contributed by atoms with E-state index in [0.29, 0.717) is 25.4 Å². The highest BCUT2D eigenvalue weighted by molar-refractivity contribution is 5.25. The Morgan fingerprint density at radius 2 is 2.35 bits per heavy atom. The summed E-state index contributed by atoms with van der Waals surface area (Å²) in [6, 6.07) is 5.66. The lowest BCUT2D eigenvalue weighted by Gasteiger charge is -2.14. The van der Waals surface area contributed by atoms with E-state index in [0.717, 1.165) is 5.56 Å². The number of nitrogens with zero attached hydrogens (tertiary/aromatic N) is 2. The first-order valence-corrected chi connectivity index (χ1v) is 5.37. The molecular formula is C12H17N3O2. The zero-order chi connectivity index (χ0) is 12.5. The van der Waals surface area contributed by atoms with Crippen molar-refractivity contribution in [2.75, 3.05) is 27.4 Å². The second-order valence-electron chi connectivity index (χ2n) is 3.61. The molecule has 0 spiro atoms. The third-order valence-electron chi connectivity index (χ3n) is 2.33. The number of ether oxygens (including phenoxy) is 2. The molecule has 1 rings (SSSR count). The third-order valence-corrected chi connectivity index (χ3v) is 2.33. The van der Waals surface area contributed by atoms with Gasteiger partial charge in [-0.3, -0.25) is 0 Å². The molecule has 0 aliphatic carbocycles. The summed E-state index contributed by atoms with van der Waals surface area (Å²) in [5.74, 6) is 0. The minimum absolute atomic E-state index is 0.0391. The molecule has 0 aliphatic rings. The molecule has 0 amide bonds. The lowest BCUT2D eigenvalue weighted by Crippen LogP contribution is -2.31. The summed E-state index contributed by atoms with van der Waals surface area (Å²) in [7, 11) is 3.31. The molecule has 1 atom stereocenters. The van der Waals surface area contributed by atoms with Gasteiger partial charge in [-0.2, -0.15) is 5.26 Å². The first kappa shape index (κ1) is 13.6. The van der Waals surface area contributed by atoms with E-state index in [9.17, 15) is 0 Å². The number of hydrogen-bond acceptors (Lipinski definition) is 5. The molecule has 1 unspecified atom stereocenters. The van der Waals surface area contributed by atoms with E-state index in [1.54, 1.807) is 26.5 Å². The van der Waals surface area contributed by atoms with Crippen LogP contribution in [0.3, 0.4) is 0 Å². The molecule has 0 aromatic carbocycles. The van der Waals surface area contributed by atoms with E-state index in [2.05, 4.69) is 10.3 Å². The maximum Gasteiger partial charge on any atom is 0.140 e. The number of nitriles is 1. The molecule has 1 heterocycles. The molecule has 1 aromatic heterocycles. The third kappa shape index (κ3) is 4.91. The molecule has 0 fully saturated rings. The average molecular weight is 235 g/mol. The van der Waals surface area contributed by atoms with Crippen LogP contribution in [0.2, 0.25) is 0 Å². The molecule has 5 heteroatoms. The van der Waals surface area contributed by atoms with E-state index in [1.165, 1.54) is 0 Å². The van der Waals surface area contributed by atoms with Gasteiger partial charge in [-0.05, 0) is 17.7 Å². The summed E-state index contributed by atoms with van der Waals surface area (Å²) in [5.41, 5.74) is 1.47. The van der Waals surface area contributed by atoms with Gasteiger partial charge in [0.1, 0.15) is 11.8 Å². The molecule has 0 radical (unpaired) electrons. The van der Waals surface area contributed by atoms with Crippen LogP contribution >= 0.6 is 0 Å². The van der Waals surface area contributed by atoms with Crippen molar-refractivity contribution in [3.05, 3.63) is 29.6 Å². The molecule has 1 aromatic rings. The first-order chi connectivity index (χ1) is 8.30. The van der Waals surface area contributed by atoms with E-state index in [-0.39, 0.29) is 6.10 Å². The Morgan fingerprint density at radius 3 is 3.00 bits per heavy atom. The van der Waals surface area contributed by atoms with Crippen molar-refractivity contribution in [3.63, 3.8) is 0 Å². The summed E-state index contributed by atoms with van der Waals surface area (Å²) >= 11 is 0. The van der Waals surface area contributed by atoms with Crippen LogP contribution in [-0.2, 0) is 16.0 Å². The van der Waals surface area contributed by atoms with E-state index >= 15 is 0 Å². The van der Waals surface area contributed by atoms with E-state index in [1.807, 2.05) is 12.1 Å². The first-order valence-electron chi connectivity index (χ1n) is 5.37. The van der Waals surface area contributed by atoms with Crippen molar-refractivity contribution in [1.82, 2.24) is 10.3 Å². The Morgan fingerprint density at radius 1 is 1.53 bits per heavy atom. The molecular weight excluding hydrogens is 218 g/mol. The molecule has 17 heavy (non-hydrogen) atoms. The van der Waals surface area contributed by atoms with Crippen molar-refractivity contribution < 1.29 is 9.47 Å². The molecule has 0 saturated carbocycles. The van der Waals surface area contributed by atoms with Gasteiger partial charge >= 0.3 is 0 Å². The van der Waals surface area contributed by atoms with Gasteiger partial charge in [0.15, 0.2) is 0 Å². The predicted octanol–water partition coefficient (Wildman–Crippen LogP) is 0.704. The van der Waals surface area contributed by atoms with Gasteiger partial charge in [-0.15, -0.1) is 0 Å². The van der Waals surface area contributed by atoms with Crippen LogP contribution in [0.4, 0.5) is 0 Å². The quantitative estimate of drug-likeness (QED) is 0.753. The Hall–Kier alpha value is -1.48. The Labute approximate surface area is 101 Å². The summed E-state index contributed by atoms with van der Waals surface area (Å²) in [4.78, 5) is 3.91. The van der Waals surface area contributed by atoms with Gasteiger partial charge in [-0.25, -0.2) is 4.98 Å². The summed E-state index contributed by atoms with van der Waals surface area (Å²) in [5, 5.41) is 12.0. The number of aromatic nitrogens is 1. The zero-order valence-electron chi connectivity index (χ0n) is 10.1. The van der Waals surface area contributed by atoms with Crippen LogP contribution in [-0.4, -0.2) is 38.5 Å². The van der Waals surface area contributed by atoms with Crippen molar-refractivity contribution in [2.24, 2.45) is 0 Å². The number of hydrogen-bond donors (Lipinski definition) is 1. The molecule has 0 bridgehead atoms. The highest BCUT2D eigenvalue weighted by Crippen LogP contribution is 2.00. The monoisotopic (exact) mass is 235 g/mol. The maximum absolute atomic E-state index is 8.71. The van der Waals surface area contributed by atoms with Crippen molar-refractivity contribution >= 4 is 0 Å². The highest BCUT2D eigenvalue weighted by Gasteiger charge is 2.05. The molecule has 0 saturated heterocycles. The number of nitrogens with one attached hydrogen (secondary N) is 1. The summed E-state index contributed by atoms with van der Waals surface area (Å²) < 4.78 is 10.2. The molecule has 1 N–H and O–H groups in total. The highest BCUT2D eigenvalue weighted by atomic mass is 16.5. The fourth-order valence-electron chi connectivity index (χ4n) is 1.42. The maximum atomic E-state index is 8.71. The normalized spacial score (nSPS) is 12.1. The lowest BCUT2D eigenvalue weighted by molar-refractivity contribution is 0.0288. The van der Waals surface area contributed by atoms with Crippen LogP contribution in [0.25, 0.3) is 0 Å². The SMILES string of the molecule is COCC(CNCc1ccnc(C#N)c1)OC. The van der Waals surface area contributed by atoms with Crippen molar-refractivity contribution in [1.29, 1.82) is 5.26 Å². The Balaban J connectivity index is 2.37. The van der Waals surface area contributed by atoms with Crippen LogP contribution in [0.1, 0.15) is 11.3 Å². The number of rotatable bonds is 7. The standard InChI is InChI=1S/C12H17N3O2/c1-16-9-12(17-2)8-14-7-10-3-4-15-11(5-10)6-13/h3-5,12,14H,7-9H2,1-2H3. The minimum atomic E-state index is 0.0391. The second-order valence-corrected chi connectivity index (χ2v) is 3.61. The Bertz CT molecular complexity index is 376. The van der Waals surface area contributed by atoms with Crippen LogP contribution in [0, 0.1) is 11.3 Å². The van der Waals surface area contributed by atoms with Crippen LogP contribution in [0.15, 0.2) is 18.3 Å². The van der Waals surface area contributed by atoms with E-state index in [4.69, 9.17) is 14.7 Å². The van der Waals surface area contributed by atoms with Gasteiger partial charge in [0.25, 0.3) is 0 Å². The van der Waals surface area contributed by atoms with Crippen LogP contribution in [0.5, 0.6) is 0 Å². The summed E-state index contributed by atoms with van der Waals surface area (Å²) in [6.45, 7) is 1.94. The van der Waals surface area contributed by atoms with Crippen molar-refractivity contribution in [2.45, 2.75) is 12.6 Å². The molecule has 5 nitrogen and oxygen atoms in total. The largest absolute Gasteiger partial charge is 0.382 e. The van der Waals surface area contributed by atoms with Gasteiger partial charge in [-0.1, -0.05) is 0 Å². The fraction of sp³-hybridized carbons (Fsp3) is 0.500. The van der Waals surface area contributed by atoms with Gasteiger partial charge in [0, 0.05) is 33.5 Å². The minimum Gasteiger partial charge on any atom is -0.382 e. The van der Waals surface area contributed by atoms with Gasteiger partial charge < -0.3 is 14.8 Å².